The molecular weight excluding hydrogens is 128 g/mol. The van der Waals surface area contributed by atoms with Gasteiger partial charge in [0, 0.05) is 12.3 Å². The molecule has 1 fully saturated rings. The molecule has 2 atom stereocenters. The minimum atomic E-state index is -0.274. The third-order valence-corrected chi connectivity index (χ3v) is 1.84. The van der Waals surface area contributed by atoms with Gasteiger partial charge >= 0.3 is 0 Å². The Morgan fingerprint density at radius 2 is 2.20 bits per heavy atom. The van der Waals surface area contributed by atoms with Gasteiger partial charge in [-0.3, -0.25) is 4.79 Å². The molecule has 0 aromatic rings. The van der Waals surface area contributed by atoms with Gasteiger partial charge in [0.1, 0.15) is 0 Å². The third kappa shape index (κ3) is 1.20. The van der Waals surface area contributed by atoms with Gasteiger partial charge in [0.25, 0.3) is 0 Å². The zero-order valence-corrected chi connectivity index (χ0v) is 6.39. The highest BCUT2D eigenvalue weighted by Gasteiger charge is 2.26. The Hall–Kier alpha value is -0.790. The Labute approximate surface area is 60.9 Å². The lowest BCUT2D eigenvalue weighted by molar-refractivity contribution is -0.132. The van der Waals surface area contributed by atoms with Gasteiger partial charge in [-0.15, -0.1) is 0 Å². The molecule has 1 saturated heterocycles. The molecule has 2 heteroatoms. The zero-order valence-electron chi connectivity index (χ0n) is 6.39. The Morgan fingerprint density at radius 1 is 1.60 bits per heavy atom. The van der Waals surface area contributed by atoms with Gasteiger partial charge in [0.2, 0.25) is 0 Å². The van der Waals surface area contributed by atoms with Gasteiger partial charge in [0.05, 0.1) is 5.76 Å². The van der Waals surface area contributed by atoms with Crippen molar-refractivity contribution in [2.75, 3.05) is 0 Å². The summed E-state index contributed by atoms with van der Waals surface area (Å²) in [6.07, 6.45) is 0.309. The summed E-state index contributed by atoms with van der Waals surface area (Å²) in [6, 6.07) is 0. The molecule has 56 valence electrons. The lowest BCUT2D eigenvalue weighted by Gasteiger charge is -2.25. The molecule has 0 spiro atoms. The number of carbonyl (C=O) groups excluding carboxylic acids is 1. The van der Waals surface area contributed by atoms with Crippen molar-refractivity contribution in [3.63, 3.8) is 0 Å². The van der Waals surface area contributed by atoms with Crippen LogP contribution in [-0.4, -0.2) is 11.9 Å². The van der Waals surface area contributed by atoms with Gasteiger partial charge in [-0.05, 0) is 6.92 Å². The molecule has 0 aromatic heterocycles. The van der Waals surface area contributed by atoms with Crippen molar-refractivity contribution in [1.82, 2.24) is 0 Å². The molecule has 1 heterocycles. The van der Waals surface area contributed by atoms with E-state index in [4.69, 9.17) is 4.74 Å². The van der Waals surface area contributed by atoms with Crippen LogP contribution < -0.4 is 0 Å². The standard InChI is InChI=1S/C8H12O2/c1-5-4-8(9)7(3)10-6(5)2/h5,7H,2,4H2,1,3H3. The van der Waals surface area contributed by atoms with E-state index in [-0.39, 0.29) is 17.8 Å². The van der Waals surface area contributed by atoms with Crippen LogP contribution in [0.15, 0.2) is 12.3 Å². The van der Waals surface area contributed by atoms with Crippen LogP contribution in [-0.2, 0) is 9.53 Å². The maximum absolute atomic E-state index is 11.0. The average Bonchev–Trinajstić information content (AvgIpc) is 1.84. The summed E-state index contributed by atoms with van der Waals surface area (Å²) >= 11 is 0. The molecule has 0 radical (unpaired) electrons. The van der Waals surface area contributed by atoms with Crippen LogP contribution in [0.1, 0.15) is 20.3 Å². The number of Topliss-reactive ketones (excluding diaryl/α,β-unsaturated/α-hetero) is 1. The van der Waals surface area contributed by atoms with Gasteiger partial charge in [-0.2, -0.15) is 0 Å². The van der Waals surface area contributed by atoms with E-state index < -0.39 is 0 Å². The summed E-state index contributed by atoms with van der Waals surface area (Å²) in [5.41, 5.74) is 0. The molecule has 2 unspecified atom stereocenters. The van der Waals surface area contributed by atoms with E-state index in [2.05, 4.69) is 6.58 Å². The number of ether oxygens (including phenoxy) is 1. The van der Waals surface area contributed by atoms with Crippen molar-refractivity contribution in [1.29, 1.82) is 0 Å². The molecule has 0 aromatic carbocycles. The first kappa shape index (κ1) is 7.32. The Morgan fingerprint density at radius 3 is 2.70 bits per heavy atom. The van der Waals surface area contributed by atoms with Crippen molar-refractivity contribution in [3.05, 3.63) is 12.3 Å². The first-order chi connectivity index (χ1) is 4.61. The monoisotopic (exact) mass is 140 g/mol. The Bertz CT molecular complexity index is 152. The fourth-order valence-corrected chi connectivity index (χ4v) is 0.991. The second kappa shape index (κ2) is 2.45. The maximum atomic E-state index is 11.0. The zero-order chi connectivity index (χ0) is 7.72. The van der Waals surface area contributed by atoms with Crippen LogP contribution >= 0.6 is 0 Å². The van der Waals surface area contributed by atoms with E-state index in [1.165, 1.54) is 0 Å². The van der Waals surface area contributed by atoms with Crippen molar-refractivity contribution in [2.45, 2.75) is 26.4 Å². The maximum Gasteiger partial charge on any atom is 0.173 e. The minimum Gasteiger partial charge on any atom is -0.488 e. The van der Waals surface area contributed by atoms with Crippen molar-refractivity contribution in [2.24, 2.45) is 5.92 Å². The Kier molecular flexibility index (Phi) is 1.79. The molecular formula is C8H12O2. The molecule has 10 heavy (non-hydrogen) atoms. The van der Waals surface area contributed by atoms with Crippen molar-refractivity contribution >= 4 is 5.78 Å². The predicted molar refractivity (Wildman–Crippen MR) is 38.5 cm³/mol. The predicted octanol–water partition coefficient (Wildman–Crippen LogP) is 1.51. The molecule has 1 aliphatic rings. The van der Waals surface area contributed by atoms with Crippen LogP contribution in [0.3, 0.4) is 0 Å². The Balaban J connectivity index is 2.63. The number of allylic oxidation sites excluding steroid dienone is 1. The van der Waals surface area contributed by atoms with E-state index in [0.29, 0.717) is 6.42 Å². The molecule has 0 N–H and O–H groups in total. The van der Waals surface area contributed by atoms with Crippen LogP contribution in [0.4, 0.5) is 0 Å². The van der Waals surface area contributed by atoms with E-state index >= 15 is 0 Å². The summed E-state index contributed by atoms with van der Waals surface area (Å²) in [5.74, 6) is 1.12. The molecule has 0 amide bonds. The van der Waals surface area contributed by atoms with Gasteiger partial charge in [0.15, 0.2) is 11.9 Å². The van der Waals surface area contributed by atoms with Crippen LogP contribution in [0, 0.1) is 5.92 Å². The van der Waals surface area contributed by atoms with Gasteiger partial charge in [-0.1, -0.05) is 13.5 Å². The smallest absolute Gasteiger partial charge is 0.173 e. The third-order valence-electron chi connectivity index (χ3n) is 1.84. The molecule has 2 nitrogen and oxygen atoms in total. The lowest BCUT2D eigenvalue weighted by Crippen LogP contribution is -2.29. The molecule has 0 saturated carbocycles. The highest BCUT2D eigenvalue weighted by molar-refractivity contribution is 5.84. The SMILES string of the molecule is C=C1OC(C)C(=O)CC1C. The fourth-order valence-electron chi connectivity index (χ4n) is 0.991. The fraction of sp³-hybridized carbons (Fsp3) is 0.625. The topological polar surface area (TPSA) is 26.3 Å². The number of ketones is 1. The van der Waals surface area contributed by atoms with Crippen molar-refractivity contribution in [3.8, 4) is 0 Å². The van der Waals surface area contributed by atoms with Crippen molar-refractivity contribution < 1.29 is 9.53 Å². The minimum absolute atomic E-state index is 0.180. The molecule has 0 aliphatic carbocycles. The largest absolute Gasteiger partial charge is 0.488 e. The normalized spacial score (nSPS) is 33.8. The first-order valence-corrected chi connectivity index (χ1v) is 3.49. The highest BCUT2D eigenvalue weighted by Crippen LogP contribution is 2.23. The highest BCUT2D eigenvalue weighted by atomic mass is 16.5. The molecule has 1 rings (SSSR count). The molecule has 0 bridgehead atoms. The second-order valence-corrected chi connectivity index (χ2v) is 2.80. The van der Waals surface area contributed by atoms with E-state index in [1.54, 1.807) is 6.92 Å². The quantitative estimate of drug-likeness (QED) is 0.510. The lowest BCUT2D eigenvalue weighted by atomic mass is 9.97. The average molecular weight is 140 g/mol. The second-order valence-electron chi connectivity index (χ2n) is 2.80. The summed E-state index contributed by atoms with van der Waals surface area (Å²) in [6.45, 7) is 7.42. The van der Waals surface area contributed by atoms with Crippen LogP contribution in [0.25, 0.3) is 0 Å². The van der Waals surface area contributed by atoms with E-state index in [1.807, 2.05) is 6.92 Å². The molecule has 1 aliphatic heterocycles. The van der Waals surface area contributed by atoms with Crippen LogP contribution in [0.2, 0.25) is 0 Å². The summed E-state index contributed by atoms with van der Waals surface area (Å²) in [7, 11) is 0. The van der Waals surface area contributed by atoms with Gasteiger partial charge in [-0.25, -0.2) is 0 Å². The number of carbonyl (C=O) groups is 1. The number of hydrogen-bond donors (Lipinski definition) is 0. The van der Waals surface area contributed by atoms with Gasteiger partial charge < -0.3 is 4.74 Å². The summed E-state index contributed by atoms with van der Waals surface area (Å²) in [4.78, 5) is 11.0. The summed E-state index contributed by atoms with van der Waals surface area (Å²) < 4.78 is 5.17. The van der Waals surface area contributed by atoms with E-state index in [0.717, 1.165) is 5.76 Å². The van der Waals surface area contributed by atoms with E-state index in [9.17, 15) is 4.79 Å². The number of rotatable bonds is 0. The summed E-state index contributed by atoms with van der Waals surface area (Å²) in [5, 5.41) is 0. The number of hydrogen-bond acceptors (Lipinski definition) is 2. The van der Waals surface area contributed by atoms with Crippen LogP contribution in [0.5, 0.6) is 0 Å². The first-order valence-electron chi connectivity index (χ1n) is 3.49.